The highest BCUT2D eigenvalue weighted by Gasteiger charge is 2.20. The summed E-state index contributed by atoms with van der Waals surface area (Å²) in [5.74, 6) is 0.441. The number of rotatable bonds is 5. The summed E-state index contributed by atoms with van der Waals surface area (Å²) < 4.78 is 0. The Kier molecular flexibility index (Phi) is 5.40. The summed E-state index contributed by atoms with van der Waals surface area (Å²) in [6.07, 6.45) is 0. The lowest BCUT2D eigenvalue weighted by Gasteiger charge is -2.27. The van der Waals surface area contributed by atoms with Crippen molar-refractivity contribution in [2.45, 2.75) is 34.6 Å². The summed E-state index contributed by atoms with van der Waals surface area (Å²) in [6, 6.07) is 7.58. The fourth-order valence-corrected chi connectivity index (χ4v) is 1.60. The van der Waals surface area contributed by atoms with Crippen LogP contribution in [0.25, 0.3) is 0 Å². The maximum atomic E-state index is 12.0. The molecule has 0 spiro atoms. The molecule has 3 heteroatoms. The molecule has 0 fully saturated rings. The average Bonchev–Trinajstić information content (AvgIpc) is 2.35. The van der Waals surface area contributed by atoms with Crippen molar-refractivity contribution in [3.05, 3.63) is 29.8 Å². The molecule has 0 aliphatic rings. The fourth-order valence-electron chi connectivity index (χ4n) is 1.60. The summed E-state index contributed by atoms with van der Waals surface area (Å²) in [7, 11) is 0. The van der Waals surface area contributed by atoms with Crippen LogP contribution in [0.5, 0.6) is 0 Å². The zero-order valence-electron chi connectivity index (χ0n) is 12.7. The van der Waals surface area contributed by atoms with E-state index in [0.29, 0.717) is 18.0 Å². The molecule has 0 aromatic heterocycles. The van der Waals surface area contributed by atoms with E-state index in [9.17, 15) is 4.79 Å². The van der Waals surface area contributed by atoms with E-state index in [1.807, 2.05) is 24.3 Å². The Labute approximate surface area is 116 Å². The fraction of sp³-hybridized carbons (Fsp3) is 0.562. The molecule has 2 N–H and O–H groups in total. The van der Waals surface area contributed by atoms with Gasteiger partial charge in [0.1, 0.15) is 0 Å². The highest BCUT2D eigenvalue weighted by Crippen LogP contribution is 2.24. The molecule has 1 unspecified atom stereocenters. The monoisotopic (exact) mass is 262 g/mol. The lowest BCUT2D eigenvalue weighted by atomic mass is 9.82. The molecule has 0 aliphatic carbocycles. The predicted molar refractivity (Wildman–Crippen MR) is 81.6 cm³/mol. The molecule has 0 aliphatic heterocycles. The van der Waals surface area contributed by atoms with Gasteiger partial charge in [-0.2, -0.15) is 0 Å². The van der Waals surface area contributed by atoms with Gasteiger partial charge in [-0.1, -0.05) is 27.7 Å². The highest BCUT2D eigenvalue weighted by atomic mass is 16.1. The van der Waals surface area contributed by atoms with Crippen LogP contribution in [0.15, 0.2) is 24.3 Å². The van der Waals surface area contributed by atoms with Gasteiger partial charge in [-0.15, -0.1) is 0 Å². The second kappa shape index (κ2) is 6.60. The zero-order valence-corrected chi connectivity index (χ0v) is 12.7. The van der Waals surface area contributed by atoms with Gasteiger partial charge < -0.3 is 10.6 Å². The minimum Gasteiger partial charge on any atom is -0.385 e. The normalized spacial score (nSPS) is 12.9. The summed E-state index contributed by atoms with van der Waals surface area (Å²) in [5.41, 5.74) is 1.97. The van der Waals surface area contributed by atoms with Crippen molar-refractivity contribution < 1.29 is 4.79 Å². The molecule has 0 radical (unpaired) electrons. The van der Waals surface area contributed by atoms with Crippen LogP contribution in [0.3, 0.4) is 0 Å². The summed E-state index contributed by atoms with van der Waals surface area (Å²) >= 11 is 0. The Hall–Kier alpha value is -1.51. The third-order valence-corrected chi connectivity index (χ3v) is 3.58. The Bertz CT molecular complexity index is 404. The van der Waals surface area contributed by atoms with Crippen molar-refractivity contribution in [1.29, 1.82) is 0 Å². The van der Waals surface area contributed by atoms with E-state index in [2.05, 4.69) is 45.3 Å². The minimum absolute atomic E-state index is 0.000788. The zero-order chi connectivity index (χ0) is 14.5. The van der Waals surface area contributed by atoms with Gasteiger partial charge in [-0.3, -0.25) is 4.79 Å². The number of anilines is 1. The molecule has 1 amide bonds. The molecule has 1 aromatic rings. The molecule has 0 bridgehead atoms. The van der Waals surface area contributed by atoms with Gasteiger partial charge in [-0.25, -0.2) is 0 Å². The van der Waals surface area contributed by atoms with Crippen LogP contribution in [0, 0.1) is 11.3 Å². The first-order valence-electron chi connectivity index (χ1n) is 6.96. The van der Waals surface area contributed by atoms with Gasteiger partial charge in [0.25, 0.3) is 5.91 Å². The van der Waals surface area contributed by atoms with Crippen molar-refractivity contribution in [3.63, 3.8) is 0 Å². The van der Waals surface area contributed by atoms with Crippen LogP contribution in [0.2, 0.25) is 0 Å². The number of hydrogen-bond donors (Lipinski definition) is 2. The number of hydrogen-bond acceptors (Lipinski definition) is 2. The maximum Gasteiger partial charge on any atom is 0.251 e. The van der Waals surface area contributed by atoms with Crippen molar-refractivity contribution in [1.82, 2.24) is 5.32 Å². The summed E-state index contributed by atoms with van der Waals surface area (Å²) in [4.78, 5) is 12.0. The van der Waals surface area contributed by atoms with Crippen molar-refractivity contribution >= 4 is 11.6 Å². The number of carbonyl (C=O) groups is 1. The number of carbonyl (C=O) groups excluding carboxylic acids is 1. The molecule has 0 saturated carbocycles. The third kappa shape index (κ3) is 4.93. The topological polar surface area (TPSA) is 41.1 Å². The highest BCUT2D eigenvalue weighted by molar-refractivity contribution is 5.94. The first-order valence-corrected chi connectivity index (χ1v) is 6.96. The average molecular weight is 262 g/mol. The minimum atomic E-state index is -0.000788. The Balaban J connectivity index is 2.54. The number of benzene rings is 1. The molecule has 3 nitrogen and oxygen atoms in total. The first-order chi connectivity index (χ1) is 8.84. The second-order valence-electron chi connectivity index (χ2n) is 6.08. The molecule has 106 valence electrons. The number of amides is 1. The van der Waals surface area contributed by atoms with Gasteiger partial charge in [-0.05, 0) is 42.5 Å². The smallest absolute Gasteiger partial charge is 0.251 e. The molecular formula is C16H26N2O. The Morgan fingerprint density at radius 1 is 1.21 bits per heavy atom. The molecule has 1 rings (SSSR count). The molecule has 19 heavy (non-hydrogen) atoms. The van der Waals surface area contributed by atoms with E-state index in [-0.39, 0.29) is 11.3 Å². The lowest BCUT2D eigenvalue weighted by molar-refractivity contribution is 0.0937. The van der Waals surface area contributed by atoms with Crippen LogP contribution in [0.4, 0.5) is 5.69 Å². The Morgan fingerprint density at radius 2 is 1.79 bits per heavy atom. The van der Waals surface area contributed by atoms with Gasteiger partial charge in [0, 0.05) is 24.3 Å². The van der Waals surface area contributed by atoms with Crippen LogP contribution in [-0.2, 0) is 0 Å². The molecular weight excluding hydrogens is 236 g/mol. The van der Waals surface area contributed by atoms with Gasteiger partial charge in [0.2, 0.25) is 0 Å². The van der Waals surface area contributed by atoms with Crippen LogP contribution in [-0.4, -0.2) is 19.0 Å². The van der Waals surface area contributed by atoms with Crippen molar-refractivity contribution in [2.75, 3.05) is 18.4 Å². The Morgan fingerprint density at radius 3 is 2.26 bits per heavy atom. The molecule has 1 atom stereocenters. The van der Waals surface area contributed by atoms with Crippen LogP contribution >= 0.6 is 0 Å². The largest absolute Gasteiger partial charge is 0.385 e. The summed E-state index contributed by atoms with van der Waals surface area (Å²) in [5, 5.41) is 6.21. The van der Waals surface area contributed by atoms with E-state index in [0.717, 1.165) is 12.2 Å². The summed E-state index contributed by atoms with van der Waals surface area (Å²) in [6.45, 7) is 12.4. The quantitative estimate of drug-likeness (QED) is 0.852. The molecule has 1 aromatic carbocycles. The van der Waals surface area contributed by atoms with Crippen LogP contribution < -0.4 is 10.6 Å². The van der Waals surface area contributed by atoms with Crippen molar-refractivity contribution in [2.24, 2.45) is 11.3 Å². The lowest BCUT2D eigenvalue weighted by Crippen LogP contribution is -2.33. The SMILES string of the molecule is CCNc1ccc(C(=O)NCC(C)C(C)(C)C)cc1. The first kappa shape index (κ1) is 15.5. The van der Waals surface area contributed by atoms with Crippen molar-refractivity contribution in [3.8, 4) is 0 Å². The predicted octanol–water partition coefficient (Wildman–Crippen LogP) is 3.53. The van der Waals surface area contributed by atoms with Gasteiger partial charge >= 0.3 is 0 Å². The van der Waals surface area contributed by atoms with Gasteiger partial charge in [0.15, 0.2) is 0 Å². The van der Waals surface area contributed by atoms with E-state index >= 15 is 0 Å². The third-order valence-electron chi connectivity index (χ3n) is 3.58. The molecule has 0 heterocycles. The van der Waals surface area contributed by atoms with E-state index in [4.69, 9.17) is 0 Å². The van der Waals surface area contributed by atoms with E-state index in [1.54, 1.807) is 0 Å². The standard InChI is InChI=1S/C16H26N2O/c1-6-17-14-9-7-13(8-10-14)15(19)18-11-12(2)16(3,4)5/h7-10,12,17H,6,11H2,1-5H3,(H,18,19). The van der Waals surface area contributed by atoms with E-state index < -0.39 is 0 Å². The van der Waals surface area contributed by atoms with E-state index in [1.165, 1.54) is 0 Å². The maximum absolute atomic E-state index is 12.0. The second-order valence-corrected chi connectivity index (χ2v) is 6.08. The molecule has 0 saturated heterocycles. The number of nitrogens with one attached hydrogen (secondary N) is 2. The van der Waals surface area contributed by atoms with Crippen LogP contribution in [0.1, 0.15) is 45.0 Å². The van der Waals surface area contributed by atoms with Gasteiger partial charge in [0.05, 0.1) is 0 Å².